The van der Waals surface area contributed by atoms with Crippen LogP contribution in [0.4, 0.5) is 0 Å². The molecule has 1 aromatic carbocycles. The fourth-order valence-corrected chi connectivity index (χ4v) is 1.60. The molecule has 5 nitrogen and oxygen atoms in total. The van der Waals surface area contributed by atoms with Crippen molar-refractivity contribution in [2.45, 2.75) is 12.5 Å². The number of hydrogen-bond acceptors (Lipinski definition) is 3. The Labute approximate surface area is 122 Å². The number of ether oxygens (including phenoxy) is 1. The van der Waals surface area contributed by atoms with Crippen LogP contribution in [0.15, 0.2) is 36.9 Å². The quantitative estimate of drug-likeness (QED) is 0.565. The van der Waals surface area contributed by atoms with Gasteiger partial charge in [0.15, 0.2) is 6.04 Å². The highest BCUT2D eigenvalue weighted by molar-refractivity contribution is 6.30. The summed E-state index contributed by atoms with van der Waals surface area (Å²) in [6, 6.07) is 5.70. The van der Waals surface area contributed by atoms with Crippen LogP contribution < -0.4 is 5.32 Å². The molecule has 0 aliphatic rings. The van der Waals surface area contributed by atoms with Gasteiger partial charge in [-0.2, -0.15) is 0 Å². The molecule has 108 valence electrons. The molecule has 1 atom stereocenters. The van der Waals surface area contributed by atoms with Crippen LogP contribution >= 0.6 is 11.6 Å². The van der Waals surface area contributed by atoms with Gasteiger partial charge in [-0.3, -0.25) is 4.79 Å². The Kier molecular flexibility index (Phi) is 6.76. The van der Waals surface area contributed by atoms with Crippen LogP contribution in [0.25, 0.3) is 0 Å². The zero-order valence-electron chi connectivity index (χ0n) is 10.8. The third-order valence-electron chi connectivity index (χ3n) is 2.43. The van der Waals surface area contributed by atoms with Crippen molar-refractivity contribution in [1.29, 1.82) is 0 Å². The summed E-state index contributed by atoms with van der Waals surface area (Å²) >= 11 is 5.74. The Morgan fingerprint density at radius 3 is 2.60 bits per heavy atom. The molecule has 1 unspecified atom stereocenters. The highest BCUT2D eigenvalue weighted by Gasteiger charge is 2.19. The standard InChI is InChI=1S/C14H16ClNO4/c1-2-7-20-9-12(14(18)19)16-13(17)8-10-3-5-11(15)6-4-10/h2-6,12H,1,7-9H2,(H,16,17)(H,18,19). The highest BCUT2D eigenvalue weighted by Crippen LogP contribution is 2.09. The molecule has 0 bridgehead atoms. The van der Waals surface area contributed by atoms with Crippen molar-refractivity contribution >= 4 is 23.5 Å². The fourth-order valence-electron chi connectivity index (χ4n) is 1.48. The van der Waals surface area contributed by atoms with E-state index in [4.69, 9.17) is 21.4 Å². The van der Waals surface area contributed by atoms with Crippen LogP contribution in [0.2, 0.25) is 5.02 Å². The minimum Gasteiger partial charge on any atom is -0.480 e. The predicted octanol–water partition coefficient (Wildman–Crippen LogP) is 1.65. The van der Waals surface area contributed by atoms with Gasteiger partial charge in [0.2, 0.25) is 5.91 Å². The molecular weight excluding hydrogens is 282 g/mol. The van der Waals surface area contributed by atoms with Gasteiger partial charge in [0.1, 0.15) is 0 Å². The van der Waals surface area contributed by atoms with E-state index in [2.05, 4.69) is 11.9 Å². The van der Waals surface area contributed by atoms with Crippen molar-refractivity contribution in [2.24, 2.45) is 0 Å². The van der Waals surface area contributed by atoms with E-state index in [9.17, 15) is 9.59 Å². The maximum absolute atomic E-state index is 11.8. The Morgan fingerprint density at radius 2 is 2.05 bits per heavy atom. The summed E-state index contributed by atoms with van der Waals surface area (Å²) in [5.41, 5.74) is 0.753. The first kappa shape index (κ1) is 16.2. The second kappa shape index (κ2) is 8.35. The summed E-state index contributed by atoms with van der Waals surface area (Å²) in [6.07, 6.45) is 1.59. The van der Waals surface area contributed by atoms with Crippen LogP contribution in [0.1, 0.15) is 5.56 Å². The summed E-state index contributed by atoms with van der Waals surface area (Å²) in [7, 11) is 0. The zero-order valence-corrected chi connectivity index (χ0v) is 11.6. The minimum absolute atomic E-state index is 0.0857. The number of nitrogens with one attached hydrogen (secondary N) is 1. The van der Waals surface area contributed by atoms with E-state index in [-0.39, 0.29) is 25.5 Å². The first-order valence-electron chi connectivity index (χ1n) is 5.98. The monoisotopic (exact) mass is 297 g/mol. The lowest BCUT2D eigenvalue weighted by Gasteiger charge is -2.14. The van der Waals surface area contributed by atoms with Crippen molar-refractivity contribution in [3.05, 3.63) is 47.5 Å². The Hall–Kier alpha value is -1.85. The number of carbonyl (C=O) groups excluding carboxylic acids is 1. The molecule has 0 saturated carbocycles. The van der Waals surface area contributed by atoms with Gasteiger partial charge in [0.05, 0.1) is 19.6 Å². The van der Waals surface area contributed by atoms with Gasteiger partial charge in [0.25, 0.3) is 0 Å². The third-order valence-corrected chi connectivity index (χ3v) is 2.68. The molecule has 1 amide bonds. The molecule has 0 spiro atoms. The van der Waals surface area contributed by atoms with Crippen LogP contribution in [0.3, 0.4) is 0 Å². The second-order valence-corrected chi connectivity index (χ2v) is 4.52. The number of amides is 1. The van der Waals surface area contributed by atoms with Crippen molar-refractivity contribution in [1.82, 2.24) is 5.32 Å². The number of aliphatic carboxylic acids is 1. The predicted molar refractivity (Wildman–Crippen MR) is 75.7 cm³/mol. The Morgan fingerprint density at radius 1 is 1.40 bits per heavy atom. The molecule has 0 aliphatic heterocycles. The smallest absolute Gasteiger partial charge is 0.328 e. The molecule has 0 saturated heterocycles. The van der Waals surface area contributed by atoms with Crippen LogP contribution in [0.5, 0.6) is 0 Å². The summed E-state index contributed by atoms with van der Waals surface area (Å²) < 4.78 is 5.04. The van der Waals surface area contributed by atoms with E-state index in [1.54, 1.807) is 24.3 Å². The van der Waals surface area contributed by atoms with E-state index in [0.29, 0.717) is 5.02 Å². The molecule has 0 aliphatic carbocycles. The van der Waals surface area contributed by atoms with Gasteiger partial charge < -0.3 is 15.2 Å². The normalized spacial score (nSPS) is 11.7. The van der Waals surface area contributed by atoms with E-state index in [0.717, 1.165) is 5.56 Å². The molecule has 1 rings (SSSR count). The second-order valence-electron chi connectivity index (χ2n) is 4.09. The van der Waals surface area contributed by atoms with Crippen LogP contribution in [-0.2, 0) is 20.7 Å². The van der Waals surface area contributed by atoms with Gasteiger partial charge in [0, 0.05) is 5.02 Å². The molecule has 0 aromatic heterocycles. The Balaban J connectivity index is 2.50. The van der Waals surface area contributed by atoms with Crippen molar-refractivity contribution < 1.29 is 19.4 Å². The number of halogens is 1. The molecule has 0 fully saturated rings. The lowest BCUT2D eigenvalue weighted by atomic mass is 10.1. The first-order chi connectivity index (χ1) is 9.52. The number of carboxylic acids is 1. The number of carboxylic acid groups (broad SMARTS) is 1. The number of benzene rings is 1. The molecular formula is C14H16ClNO4. The van der Waals surface area contributed by atoms with Crippen molar-refractivity contribution in [3.8, 4) is 0 Å². The molecule has 0 radical (unpaired) electrons. The maximum atomic E-state index is 11.8. The van der Waals surface area contributed by atoms with Gasteiger partial charge in [-0.25, -0.2) is 4.79 Å². The first-order valence-corrected chi connectivity index (χ1v) is 6.36. The van der Waals surface area contributed by atoms with Gasteiger partial charge in [-0.05, 0) is 17.7 Å². The van der Waals surface area contributed by atoms with Gasteiger partial charge in [-0.15, -0.1) is 6.58 Å². The molecule has 2 N–H and O–H groups in total. The fraction of sp³-hybridized carbons (Fsp3) is 0.286. The lowest BCUT2D eigenvalue weighted by molar-refractivity contribution is -0.143. The van der Waals surface area contributed by atoms with E-state index in [1.165, 1.54) is 6.08 Å². The Bertz CT molecular complexity index is 473. The maximum Gasteiger partial charge on any atom is 0.328 e. The topological polar surface area (TPSA) is 75.6 Å². The van der Waals surface area contributed by atoms with Crippen molar-refractivity contribution in [2.75, 3.05) is 13.2 Å². The number of rotatable bonds is 8. The highest BCUT2D eigenvalue weighted by atomic mass is 35.5. The summed E-state index contributed by atoms with van der Waals surface area (Å²) in [5, 5.41) is 12.0. The van der Waals surface area contributed by atoms with E-state index < -0.39 is 12.0 Å². The van der Waals surface area contributed by atoms with Gasteiger partial charge in [-0.1, -0.05) is 29.8 Å². The molecule has 1 aromatic rings. The van der Waals surface area contributed by atoms with Crippen LogP contribution in [-0.4, -0.2) is 36.2 Å². The summed E-state index contributed by atoms with van der Waals surface area (Å²) in [4.78, 5) is 22.8. The summed E-state index contributed by atoms with van der Waals surface area (Å²) in [6.45, 7) is 3.59. The molecule has 20 heavy (non-hydrogen) atoms. The zero-order chi connectivity index (χ0) is 15.0. The van der Waals surface area contributed by atoms with E-state index in [1.807, 2.05) is 0 Å². The van der Waals surface area contributed by atoms with E-state index >= 15 is 0 Å². The van der Waals surface area contributed by atoms with Crippen molar-refractivity contribution in [3.63, 3.8) is 0 Å². The van der Waals surface area contributed by atoms with Gasteiger partial charge >= 0.3 is 5.97 Å². The molecule has 0 heterocycles. The third kappa shape index (κ3) is 5.86. The summed E-state index contributed by atoms with van der Waals surface area (Å²) in [5.74, 6) is -1.53. The SMILES string of the molecule is C=CCOCC(NC(=O)Cc1ccc(Cl)cc1)C(=O)O. The minimum atomic E-state index is -1.14. The number of carbonyl (C=O) groups is 2. The van der Waals surface area contributed by atoms with Crippen LogP contribution in [0, 0.1) is 0 Å². The lowest BCUT2D eigenvalue weighted by Crippen LogP contribution is -2.44. The number of hydrogen-bond donors (Lipinski definition) is 2. The largest absolute Gasteiger partial charge is 0.480 e. The molecule has 6 heteroatoms. The average Bonchev–Trinajstić information content (AvgIpc) is 2.40. The average molecular weight is 298 g/mol.